The first-order chi connectivity index (χ1) is 10.6. The second-order valence-corrected chi connectivity index (χ2v) is 5.60. The first-order valence-electron chi connectivity index (χ1n) is 6.54. The Kier molecular flexibility index (Phi) is 4.04. The molecule has 3 rings (SSSR count). The summed E-state index contributed by atoms with van der Waals surface area (Å²) < 4.78 is 4.61. The normalized spacial score (nSPS) is 17.8. The predicted octanol–water partition coefficient (Wildman–Crippen LogP) is 2.52. The standard InChI is InChI=1S/C14H11Cl2N3O3/c15-9-2-1-8(7-10(9)16)19-5-3-12(14(19)21)17-13(20)11-4-6-22-18-11/h1-2,4,6-7,12H,3,5H2,(H,17,20). The van der Waals surface area contributed by atoms with Crippen molar-refractivity contribution in [3.8, 4) is 0 Å². The van der Waals surface area contributed by atoms with Crippen LogP contribution in [0.3, 0.4) is 0 Å². The van der Waals surface area contributed by atoms with Crippen molar-refractivity contribution in [2.75, 3.05) is 11.4 Å². The van der Waals surface area contributed by atoms with Gasteiger partial charge >= 0.3 is 0 Å². The number of aromatic nitrogens is 1. The minimum absolute atomic E-state index is 0.140. The number of hydrogen-bond acceptors (Lipinski definition) is 4. The van der Waals surface area contributed by atoms with E-state index < -0.39 is 11.9 Å². The highest BCUT2D eigenvalue weighted by atomic mass is 35.5. The number of nitrogens with zero attached hydrogens (tertiary/aromatic N) is 2. The van der Waals surface area contributed by atoms with Gasteiger partial charge in [0, 0.05) is 18.3 Å². The number of amides is 2. The monoisotopic (exact) mass is 339 g/mol. The molecular weight excluding hydrogens is 329 g/mol. The number of anilines is 1. The molecule has 1 aromatic heterocycles. The van der Waals surface area contributed by atoms with E-state index in [1.807, 2.05) is 0 Å². The van der Waals surface area contributed by atoms with Gasteiger partial charge in [-0.15, -0.1) is 0 Å². The van der Waals surface area contributed by atoms with Gasteiger partial charge in [-0.05, 0) is 24.6 Å². The largest absolute Gasteiger partial charge is 0.364 e. The number of rotatable bonds is 3. The second kappa shape index (κ2) is 5.98. The molecule has 0 radical (unpaired) electrons. The van der Waals surface area contributed by atoms with Gasteiger partial charge in [0.1, 0.15) is 12.3 Å². The van der Waals surface area contributed by atoms with E-state index in [2.05, 4.69) is 15.0 Å². The van der Waals surface area contributed by atoms with Crippen LogP contribution in [0, 0.1) is 0 Å². The smallest absolute Gasteiger partial charge is 0.274 e. The number of benzene rings is 1. The Bertz CT molecular complexity index is 718. The topological polar surface area (TPSA) is 75.4 Å². The summed E-state index contributed by atoms with van der Waals surface area (Å²) in [5, 5.41) is 6.98. The van der Waals surface area contributed by atoms with Crippen LogP contribution in [0.15, 0.2) is 35.1 Å². The zero-order valence-corrected chi connectivity index (χ0v) is 12.8. The highest BCUT2D eigenvalue weighted by Gasteiger charge is 2.34. The van der Waals surface area contributed by atoms with Crippen molar-refractivity contribution in [2.24, 2.45) is 0 Å². The molecule has 6 nitrogen and oxygen atoms in total. The Balaban J connectivity index is 1.72. The molecule has 1 atom stereocenters. The molecule has 1 unspecified atom stereocenters. The molecule has 1 N–H and O–H groups in total. The lowest BCUT2D eigenvalue weighted by Crippen LogP contribution is -2.41. The van der Waals surface area contributed by atoms with Crippen molar-refractivity contribution in [3.63, 3.8) is 0 Å². The van der Waals surface area contributed by atoms with Gasteiger partial charge in [0.2, 0.25) is 5.91 Å². The third kappa shape index (κ3) is 2.80. The van der Waals surface area contributed by atoms with Crippen LogP contribution in [0.25, 0.3) is 0 Å². The van der Waals surface area contributed by atoms with E-state index in [-0.39, 0.29) is 11.6 Å². The maximum absolute atomic E-state index is 12.4. The summed E-state index contributed by atoms with van der Waals surface area (Å²) in [6.07, 6.45) is 1.80. The first-order valence-corrected chi connectivity index (χ1v) is 7.29. The Hall–Kier alpha value is -2.05. The zero-order chi connectivity index (χ0) is 15.7. The molecule has 8 heteroatoms. The van der Waals surface area contributed by atoms with Gasteiger partial charge in [0.05, 0.1) is 10.0 Å². The van der Waals surface area contributed by atoms with Gasteiger partial charge in [0.25, 0.3) is 5.91 Å². The summed E-state index contributed by atoms with van der Waals surface area (Å²) in [4.78, 5) is 25.9. The summed E-state index contributed by atoms with van der Waals surface area (Å²) >= 11 is 11.8. The molecule has 0 spiro atoms. The Morgan fingerprint density at radius 2 is 2.14 bits per heavy atom. The highest BCUT2D eigenvalue weighted by molar-refractivity contribution is 6.42. The van der Waals surface area contributed by atoms with Crippen LogP contribution >= 0.6 is 23.2 Å². The van der Waals surface area contributed by atoms with Gasteiger partial charge in [-0.25, -0.2) is 0 Å². The quantitative estimate of drug-likeness (QED) is 0.932. The minimum Gasteiger partial charge on any atom is -0.364 e. The van der Waals surface area contributed by atoms with E-state index in [1.54, 1.807) is 23.1 Å². The second-order valence-electron chi connectivity index (χ2n) is 4.79. The third-order valence-corrected chi connectivity index (χ3v) is 4.14. The molecule has 1 fully saturated rings. The van der Waals surface area contributed by atoms with Crippen molar-refractivity contribution >= 4 is 40.7 Å². The van der Waals surface area contributed by atoms with Crippen LogP contribution in [-0.2, 0) is 4.79 Å². The molecule has 1 aromatic carbocycles. The minimum atomic E-state index is -0.598. The number of nitrogens with one attached hydrogen (secondary N) is 1. The van der Waals surface area contributed by atoms with Gasteiger partial charge in [-0.3, -0.25) is 9.59 Å². The molecule has 1 aliphatic rings. The van der Waals surface area contributed by atoms with E-state index in [9.17, 15) is 9.59 Å². The van der Waals surface area contributed by atoms with Crippen LogP contribution in [0.2, 0.25) is 10.0 Å². The van der Waals surface area contributed by atoms with Crippen molar-refractivity contribution in [3.05, 3.63) is 46.3 Å². The van der Waals surface area contributed by atoms with Crippen molar-refractivity contribution in [1.82, 2.24) is 10.5 Å². The summed E-state index contributed by atoms with van der Waals surface area (Å²) in [6.45, 7) is 0.487. The summed E-state index contributed by atoms with van der Waals surface area (Å²) in [5.41, 5.74) is 0.790. The predicted molar refractivity (Wildman–Crippen MR) is 81.2 cm³/mol. The molecular formula is C14H11Cl2N3O3. The number of hydrogen-bond donors (Lipinski definition) is 1. The highest BCUT2D eigenvalue weighted by Crippen LogP contribution is 2.29. The van der Waals surface area contributed by atoms with Gasteiger partial charge in [0.15, 0.2) is 5.69 Å². The van der Waals surface area contributed by atoms with Crippen LogP contribution in [-0.4, -0.2) is 29.6 Å². The van der Waals surface area contributed by atoms with Gasteiger partial charge in [-0.2, -0.15) is 0 Å². The Labute approximate surface area is 136 Å². The Morgan fingerprint density at radius 3 is 2.82 bits per heavy atom. The fraction of sp³-hybridized carbons (Fsp3) is 0.214. The van der Waals surface area contributed by atoms with Crippen LogP contribution < -0.4 is 10.2 Å². The fourth-order valence-electron chi connectivity index (χ4n) is 2.29. The maximum atomic E-state index is 12.4. The van der Waals surface area contributed by atoms with Crippen LogP contribution in [0.5, 0.6) is 0 Å². The molecule has 1 saturated heterocycles. The molecule has 0 saturated carbocycles. The summed E-state index contributed by atoms with van der Waals surface area (Å²) in [6, 6.07) is 5.82. The average molecular weight is 340 g/mol. The van der Waals surface area contributed by atoms with Crippen LogP contribution in [0.4, 0.5) is 5.69 Å². The Morgan fingerprint density at radius 1 is 1.32 bits per heavy atom. The van der Waals surface area contributed by atoms with Gasteiger partial charge < -0.3 is 14.7 Å². The summed E-state index contributed by atoms with van der Waals surface area (Å²) in [7, 11) is 0. The molecule has 0 aliphatic carbocycles. The van der Waals surface area contributed by atoms with Crippen LogP contribution in [0.1, 0.15) is 16.9 Å². The lowest BCUT2D eigenvalue weighted by molar-refractivity contribution is -0.118. The maximum Gasteiger partial charge on any atom is 0.274 e. The van der Waals surface area contributed by atoms with E-state index >= 15 is 0 Å². The number of carbonyl (C=O) groups is 2. The van der Waals surface area contributed by atoms with E-state index in [4.69, 9.17) is 23.2 Å². The molecule has 0 bridgehead atoms. The van der Waals surface area contributed by atoms with E-state index in [1.165, 1.54) is 12.3 Å². The van der Waals surface area contributed by atoms with Gasteiger partial charge in [-0.1, -0.05) is 28.4 Å². The number of carbonyl (C=O) groups excluding carboxylic acids is 2. The van der Waals surface area contributed by atoms with Crippen molar-refractivity contribution in [2.45, 2.75) is 12.5 Å². The third-order valence-electron chi connectivity index (χ3n) is 3.40. The summed E-state index contributed by atoms with van der Waals surface area (Å²) in [5.74, 6) is -0.640. The number of halogens is 2. The molecule has 2 amide bonds. The van der Waals surface area contributed by atoms with E-state index in [0.29, 0.717) is 28.7 Å². The average Bonchev–Trinajstić information content (AvgIpc) is 3.13. The molecule has 2 aromatic rings. The van der Waals surface area contributed by atoms with Crippen molar-refractivity contribution in [1.29, 1.82) is 0 Å². The zero-order valence-electron chi connectivity index (χ0n) is 11.3. The lowest BCUT2D eigenvalue weighted by Gasteiger charge is -2.17. The SMILES string of the molecule is O=C(NC1CCN(c2ccc(Cl)c(Cl)c2)C1=O)c1ccon1. The molecule has 2 heterocycles. The lowest BCUT2D eigenvalue weighted by atomic mass is 10.2. The first kappa shape index (κ1) is 14.9. The molecule has 1 aliphatic heterocycles. The van der Waals surface area contributed by atoms with E-state index in [0.717, 1.165) is 0 Å². The van der Waals surface area contributed by atoms with Crippen molar-refractivity contribution < 1.29 is 14.1 Å². The molecule has 22 heavy (non-hydrogen) atoms. The fourth-order valence-corrected chi connectivity index (χ4v) is 2.58. The molecule has 114 valence electrons.